The Bertz CT molecular complexity index is 1170. The Morgan fingerprint density at radius 2 is 1.67 bits per heavy atom. The minimum absolute atomic E-state index is 0.000948. The van der Waals surface area contributed by atoms with Crippen LogP contribution in [0.25, 0.3) is 0 Å². The van der Waals surface area contributed by atoms with Crippen LogP contribution < -0.4 is 17.0 Å². The van der Waals surface area contributed by atoms with Crippen LogP contribution in [0.1, 0.15) is 21.5 Å². The van der Waals surface area contributed by atoms with Gasteiger partial charge in [0.15, 0.2) is 5.78 Å². The van der Waals surface area contributed by atoms with E-state index in [-0.39, 0.29) is 24.5 Å². The van der Waals surface area contributed by atoms with Gasteiger partial charge in [0.1, 0.15) is 11.4 Å². The van der Waals surface area contributed by atoms with E-state index >= 15 is 0 Å². The number of nitrogen functional groups attached to an aromatic ring is 1. The predicted molar refractivity (Wildman–Crippen MR) is 121 cm³/mol. The van der Waals surface area contributed by atoms with Gasteiger partial charge in [-0.15, -0.1) is 0 Å². The summed E-state index contributed by atoms with van der Waals surface area (Å²) in [5, 5.41) is 0. The maximum atomic E-state index is 13.0. The Balaban J connectivity index is 1.88. The van der Waals surface area contributed by atoms with Crippen molar-refractivity contribution in [3.05, 3.63) is 96.6 Å². The molecule has 8 heteroatoms. The monoisotopic (exact) mass is 470 g/mol. The fraction of sp³-hybridized carbons (Fsp3) is 0.227. The molecule has 2 aromatic carbocycles. The third kappa shape index (κ3) is 4.77. The van der Waals surface area contributed by atoms with Crippen LogP contribution in [0.4, 0.5) is 5.82 Å². The number of nitrogens with two attached hydrogens (primary N) is 1. The first kappa shape index (κ1) is 21.7. The fourth-order valence-electron chi connectivity index (χ4n) is 3.25. The van der Waals surface area contributed by atoms with Crippen molar-refractivity contribution >= 4 is 27.5 Å². The highest BCUT2D eigenvalue weighted by molar-refractivity contribution is 9.10. The third-order valence-electron chi connectivity index (χ3n) is 4.82. The molecule has 0 fully saturated rings. The largest absolute Gasteiger partial charge is 0.384 e. The molecule has 0 aliphatic rings. The molecule has 3 rings (SSSR count). The van der Waals surface area contributed by atoms with Crippen molar-refractivity contribution in [2.45, 2.75) is 13.1 Å². The molecule has 7 nitrogen and oxygen atoms in total. The molecule has 1 aromatic heterocycles. The maximum absolute atomic E-state index is 13.0. The van der Waals surface area contributed by atoms with Crippen molar-refractivity contribution in [3.8, 4) is 0 Å². The highest BCUT2D eigenvalue weighted by Gasteiger charge is 2.22. The molecule has 0 saturated heterocycles. The number of anilines is 1. The van der Waals surface area contributed by atoms with Crippen LogP contribution in [0.2, 0.25) is 0 Å². The van der Waals surface area contributed by atoms with E-state index in [1.165, 1.54) is 11.6 Å². The smallest absolute Gasteiger partial charge is 0.332 e. The van der Waals surface area contributed by atoms with E-state index in [1.807, 2.05) is 54.6 Å². The fourth-order valence-corrected chi connectivity index (χ4v) is 3.51. The molecule has 0 atom stereocenters. The quantitative estimate of drug-likeness (QED) is 0.534. The number of aromatic nitrogens is 2. The van der Waals surface area contributed by atoms with Crippen LogP contribution in [-0.2, 0) is 20.1 Å². The van der Waals surface area contributed by atoms with Crippen LogP contribution in [-0.4, -0.2) is 33.4 Å². The molecule has 30 heavy (non-hydrogen) atoms. The summed E-state index contributed by atoms with van der Waals surface area (Å²) in [6.07, 6.45) is 0. The standard InChI is InChI=1S/C22H23BrN4O3/c1-25(12-16-8-10-17(23)11-9-16)14-18(28)19-20(24)27(22(30)26(2)21(19)29)13-15-6-4-3-5-7-15/h3-11H,12-14,24H2,1-2H3. The van der Waals surface area contributed by atoms with E-state index in [1.54, 1.807) is 11.9 Å². The number of carbonyl (C=O) groups excluding carboxylic acids is 1. The van der Waals surface area contributed by atoms with Crippen LogP contribution in [0, 0.1) is 0 Å². The van der Waals surface area contributed by atoms with Crippen LogP contribution in [0.3, 0.4) is 0 Å². The lowest BCUT2D eigenvalue weighted by atomic mass is 10.1. The predicted octanol–water partition coefficient (Wildman–Crippen LogP) is 2.25. The lowest BCUT2D eigenvalue weighted by molar-refractivity contribution is 0.0941. The Morgan fingerprint density at radius 1 is 1.03 bits per heavy atom. The van der Waals surface area contributed by atoms with Crippen molar-refractivity contribution in [2.75, 3.05) is 19.3 Å². The lowest BCUT2D eigenvalue weighted by Gasteiger charge is -2.18. The normalized spacial score (nSPS) is 11.1. The van der Waals surface area contributed by atoms with E-state index in [0.29, 0.717) is 6.54 Å². The molecule has 3 aromatic rings. The lowest BCUT2D eigenvalue weighted by Crippen LogP contribution is -2.44. The average Bonchev–Trinajstić information content (AvgIpc) is 2.72. The molecule has 0 aliphatic carbocycles. The summed E-state index contributed by atoms with van der Waals surface area (Å²) in [5.41, 5.74) is 6.64. The van der Waals surface area contributed by atoms with Gasteiger partial charge in [0, 0.05) is 18.1 Å². The van der Waals surface area contributed by atoms with Gasteiger partial charge in [-0.05, 0) is 30.3 Å². The van der Waals surface area contributed by atoms with Gasteiger partial charge in [-0.2, -0.15) is 0 Å². The molecule has 2 N–H and O–H groups in total. The highest BCUT2D eigenvalue weighted by atomic mass is 79.9. The minimum atomic E-state index is -0.677. The number of rotatable bonds is 7. The van der Waals surface area contributed by atoms with Gasteiger partial charge in [0.2, 0.25) is 0 Å². The summed E-state index contributed by atoms with van der Waals surface area (Å²) < 4.78 is 3.17. The zero-order chi connectivity index (χ0) is 21.8. The maximum Gasteiger partial charge on any atom is 0.332 e. The number of ketones is 1. The number of carbonyl (C=O) groups is 1. The summed E-state index contributed by atoms with van der Waals surface area (Å²) in [6, 6.07) is 17.0. The van der Waals surface area contributed by atoms with Gasteiger partial charge < -0.3 is 5.73 Å². The molecule has 0 bridgehead atoms. The first-order chi connectivity index (χ1) is 14.3. The van der Waals surface area contributed by atoms with Crippen molar-refractivity contribution in [1.29, 1.82) is 0 Å². The average molecular weight is 471 g/mol. The second kappa shape index (κ2) is 9.23. The van der Waals surface area contributed by atoms with Crippen LogP contribution in [0.5, 0.6) is 0 Å². The van der Waals surface area contributed by atoms with Crippen molar-refractivity contribution in [2.24, 2.45) is 7.05 Å². The van der Waals surface area contributed by atoms with Gasteiger partial charge in [-0.25, -0.2) is 4.79 Å². The van der Waals surface area contributed by atoms with Crippen molar-refractivity contribution in [1.82, 2.24) is 14.0 Å². The Morgan fingerprint density at radius 3 is 2.30 bits per heavy atom. The second-order valence-electron chi connectivity index (χ2n) is 7.20. The Labute approximate surface area is 182 Å². The summed E-state index contributed by atoms with van der Waals surface area (Å²) in [4.78, 5) is 40.0. The van der Waals surface area contributed by atoms with E-state index in [0.717, 1.165) is 20.2 Å². The molecule has 156 valence electrons. The number of nitrogens with zero attached hydrogens (tertiary/aromatic N) is 3. The second-order valence-corrected chi connectivity index (χ2v) is 8.12. The van der Waals surface area contributed by atoms with Crippen LogP contribution in [0.15, 0.2) is 68.7 Å². The van der Waals surface area contributed by atoms with Gasteiger partial charge in [0.25, 0.3) is 5.56 Å². The molecule has 1 heterocycles. The van der Waals surface area contributed by atoms with Crippen LogP contribution >= 0.6 is 15.9 Å². The summed E-state index contributed by atoms with van der Waals surface area (Å²) >= 11 is 3.39. The summed E-state index contributed by atoms with van der Waals surface area (Å²) in [7, 11) is 3.15. The van der Waals surface area contributed by atoms with Gasteiger partial charge in [0.05, 0.1) is 13.1 Å². The molecule has 0 radical (unpaired) electrons. The zero-order valence-corrected chi connectivity index (χ0v) is 18.4. The van der Waals surface area contributed by atoms with Gasteiger partial charge >= 0.3 is 5.69 Å². The highest BCUT2D eigenvalue weighted by Crippen LogP contribution is 2.13. The minimum Gasteiger partial charge on any atom is -0.384 e. The van der Waals surface area contributed by atoms with Crippen molar-refractivity contribution in [3.63, 3.8) is 0 Å². The summed E-state index contributed by atoms with van der Waals surface area (Å²) in [6.45, 7) is 0.705. The number of Topliss-reactive ketones (excluding diaryl/α,β-unsaturated/α-hetero) is 1. The molecular formula is C22H23BrN4O3. The molecule has 0 saturated carbocycles. The molecule has 0 spiro atoms. The Hall–Kier alpha value is -2.97. The number of likely N-dealkylation sites (N-methyl/N-ethyl adjacent to an activating group) is 1. The first-order valence-corrected chi connectivity index (χ1v) is 10.2. The molecule has 0 aliphatic heterocycles. The van der Waals surface area contributed by atoms with E-state index in [4.69, 9.17) is 5.73 Å². The van der Waals surface area contributed by atoms with Crippen molar-refractivity contribution < 1.29 is 4.79 Å². The number of benzene rings is 2. The van der Waals surface area contributed by atoms with Gasteiger partial charge in [-0.3, -0.25) is 23.6 Å². The van der Waals surface area contributed by atoms with E-state index < -0.39 is 17.0 Å². The number of halogens is 1. The van der Waals surface area contributed by atoms with E-state index in [9.17, 15) is 14.4 Å². The number of hydrogen-bond acceptors (Lipinski definition) is 5. The topological polar surface area (TPSA) is 90.3 Å². The molecule has 0 amide bonds. The molecular weight excluding hydrogens is 448 g/mol. The van der Waals surface area contributed by atoms with E-state index in [2.05, 4.69) is 15.9 Å². The summed E-state index contributed by atoms with van der Waals surface area (Å²) in [5.74, 6) is -0.525. The Kier molecular flexibility index (Phi) is 6.69. The zero-order valence-electron chi connectivity index (χ0n) is 16.8. The SMILES string of the molecule is CN(CC(=O)c1c(N)n(Cc2ccccc2)c(=O)n(C)c1=O)Cc1ccc(Br)cc1. The van der Waals surface area contributed by atoms with Gasteiger partial charge in [-0.1, -0.05) is 58.4 Å². The third-order valence-corrected chi connectivity index (χ3v) is 5.35. The molecule has 0 unspecified atom stereocenters. The first-order valence-electron chi connectivity index (χ1n) is 9.37. The number of hydrogen-bond donors (Lipinski definition) is 1.